The summed E-state index contributed by atoms with van der Waals surface area (Å²) >= 11 is 1.48. The number of nitrogen functional groups attached to an aromatic ring is 1. The Labute approximate surface area is 131 Å². The molecule has 1 aromatic carbocycles. The molecule has 0 saturated heterocycles. The molecule has 4 N–H and O–H groups in total. The number of carbonyl (C=O) groups is 2. The predicted octanol–water partition coefficient (Wildman–Crippen LogP) is 1.26. The molecule has 1 unspecified atom stereocenters. The van der Waals surface area contributed by atoms with Gasteiger partial charge in [-0.1, -0.05) is 6.07 Å². The summed E-state index contributed by atoms with van der Waals surface area (Å²) in [5, 5.41) is 13.5. The quantitative estimate of drug-likeness (QED) is 0.569. The van der Waals surface area contributed by atoms with Gasteiger partial charge in [-0.3, -0.25) is 4.79 Å². The predicted molar refractivity (Wildman–Crippen MR) is 84.5 cm³/mol. The van der Waals surface area contributed by atoms with Gasteiger partial charge in [-0.2, -0.15) is 0 Å². The molecule has 2 aromatic rings. The first-order chi connectivity index (χ1) is 10.6. The van der Waals surface area contributed by atoms with Gasteiger partial charge in [0.05, 0.1) is 13.7 Å². The van der Waals surface area contributed by atoms with E-state index in [1.165, 1.54) is 18.4 Å². The zero-order valence-electron chi connectivity index (χ0n) is 11.9. The number of methoxy groups -OCH3 is 1. The second kappa shape index (κ2) is 7.06. The lowest BCUT2D eigenvalue weighted by atomic mass is 10.0. The number of nitrogens with one attached hydrogen (secondary N) is 1. The minimum Gasteiger partial charge on any atom is -0.467 e. The van der Waals surface area contributed by atoms with Crippen molar-refractivity contribution in [3.63, 3.8) is 0 Å². The fourth-order valence-electron chi connectivity index (χ4n) is 1.95. The summed E-state index contributed by atoms with van der Waals surface area (Å²) in [5.74, 6) is -1.18. The number of thiophene rings is 1. The molecule has 2 rings (SSSR count). The van der Waals surface area contributed by atoms with Crippen molar-refractivity contribution >= 4 is 28.9 Å². The van der Waals surface area contributed by atoms with Crippen molar-refractivity contribution in [3.05, 3.63) is 41.3 Å². The maximum absolute atomic E-state index is 12.4. The summed E-state index contributed by atoms with van der Waals surface area (Å²) in [7, 11) is 1.19. The summed E-state index contributed by atoms with van der Waals surface area (Å²) in [5.41, 5.74) is 7.37. The van der Waals surface area contributed by atoms with Crippen LogP contribution < -0.4 is 11.1 Å². The smallest absolute Gasteiger partial charge is 0.330 e. The molecular weight excluding hydrogens is 304 g/mol. The number of amides is 1. The first-order valence-corrected chi connectivity index (χ1v) is 7.37. The third-order valence-corrected chi connectivity index (χ3v) is 3.95. The lowest BCUT2D eigenvalue weighted by Gasteiger charge is -2.15. The monoisotopic (exact) mass is 320 g/mol. The minimum absolute atomic E-state index is 0.374. The maximum atomic E-state index is 12.4. The second-order valence-corrected chi connectivity index (χ2v) is 5.46. The Bertz CT molecular complexity index is 670. The molecule has 22 heavy (non-hydrogen) atoms. The van der Waals surface area contributed by atoms with E-state index in [9.17, 15) is 14.7 Å². The van der Waals surface area contributed by atoms with Gasteiger partial charge in [-0.25, -0.2) is 4.79 Å². The summed E-state index contributed by atoms with van der Waals surface area (Å²) in [6.45, 7) is -0.540. The highest BCUT2D eigenvalue weighted by molar-refractivity contribution is 7.13. The van der Waals surface area contributed by atoms with E-state index in [1.807, 2.05) is 17.5 Å². The van der Waals surface area contributed by atoms with Crippen LogP contribution in [-0.4, -0.2) is 36.7 Å². The number of ether oxygens (including phenoxy) is 1. The zero-order valence-corrected chi connectivity index (χ0v) is 12.7. The van der Waals surface area contributed by atoms with Crippen LogP contribution in [0, 0.1) is 0 Å². The van der Waals surface area contributed by atoms with Crippen molar-refractivity contribution in [2.45, 2.75) is 6.04 Å². The summed E-state index contributed by atoms with van der Waals surface area (Å²) in [6.07, 6.45) is 0. The van der Waals surface area contributed by atoms with Gasteiger partial charge in [0.1, 0.15) is 0 Å². The average Bonchev–Trinajstić information content (AvgIpc) is 3.05. The molecule has 0 fully saturated rings. The van der Waals surface area contributed by atoms with Crippen molar-refractivity contribution in [2.24, 2.45) is 0 Å². The van der Waals surface area contributed by atoms with Gasteiger partial charge in [0.15, 0.2) is 6.04 Å². The first-order valence-electron chi connectivity index (χ1n) is 6.49. The van der Waals surface area contributed by atoms with Crippen LogP contribution in [0.1, 0.15) is 10.4 Å². The fraction of sp³-hybridized carbons (Fsp3) is 0.200. The van der Waals surface area contributed by atoms with E-state index < -0.39 is 24.5 Å². The topological polar surface area (TPSA) is 102 Å². The molecule has 0 aliphatic heterocycles. The van der Waals surface area contributed by atoms with E-state index >= 15 is 0 Å². The number of nitrogens with two attached hydrogens (primary N) is 1. The molecule has 6 nitrogen and oxygen atoms in total. The normalized spacial score (nSPS) is 11.7. The van der Waals surface area contributed by atoms with Crippen molar-refractivity contribution in [3.8, 4) is 10.4 Å². The Morgan fingerprint density at radius 2 is 2.18 bits per heavy atom. The van der Waals surface area contributed by atoms with Crippen molar-refractivity contribution in [1.29, 1.82) is 0 Å². The molecular formula is C15H16N2O4S. The van der Waals surface area contributed by atoms with E-state index in [0.29, 0.717) is 16.8 Å². The Morgan fingerprint density at radius 1 is 1.41 bits per heavy atom. The summed E-state index contributed by atoms with van der Waals surface area (Å²) in [4.78, 5) is 24.7. The molecule has 1 aromatic heterocycles. The molecule has 1 heterocycles. The number of hydrogen-bond donors (Lipinski definition) is 3. The van der Waals surface area contributed by atoms with Crippen molar-refractivity contribution in [1.82, 2.24) is 5.32 Å². The Balaban J connectivity index is 2.32. The zero-order chi connectivity index (χ0) is 16.1. The number of anilines is 1. The Kier molecular flexibility index (Phi) is 5.13. The van der Waals surface area contributed by atoms with Gasteiger partial charge < -0.3 is 20.9 Å². The maximum Gasteiger partial charge on any atom is 0.330 e. The van der Waals surface area contributed by atoms with Gasteiger partial charge in [-0.15, -0.1) is 11.3 Å². The molecule has 0 aliphatic carbocycles. The van der Waals surface area contributed by atoms with Gasteiger partial charge in [0.2, 0.25) is 0 Å². The van der Waals surface area contributed by atoms with Gasteiger partial charge >= 0.3 is 5.97 Å². The molecule has 0 bridgehead atoms. The molecule has 0 spiro atoms. The lowest BCUT2D eigenvalue weighted by Crippen LogP contribution is -2.44. The van der Waals surface area contributed by atoms with Crippen LogP contribution in [0.4, 0.5) is 5.69 Å². The molecule has 1 amide bonds. The Morgan fingerprint density at radius 3 is 2.77 bits per heavy atom. The summed E-state index contributed by atoms with van der Waals surface area (Å²) < 4.78 is 4.53. The lowest BCUT2D eigenvalue weighted by molar-refractivity contribution is -0.143. The van der Waals surface area contributed by atoms with Crippen LogP contribution in [-0.2, 0) is 9.53 Å². The van der Waals surface area contributed by atoms with E-state index in [1.54, 1.807) is 18.2 Å². The standard InChI is InChI=1S/C15H16N2O4S/c1-21-15(20)12(8-18)17-14(19)10-5-4-9(16)7-11(10)13-3-2-6-22-13/h2-7,12,18H,8,16H2,1H3,(H,17,19). The van der Waals surface area contributed by atoms with Crippen LogP contribution in [0.3, 0.4) is 0 Å². The number of carbonyl (C=O) groups excluding carboxylic acids is 2. The van der Waals surface area contributed by atoms with Gasteiger partial charge in [0, 0.05) is 21.7 Å². The van der Waals surface area contributed by atoms with E-state index in [0.717, 1.165) is 4.88 Å². The van der Waals surface area contributed by atoms with Gasteiger partial charge in [0.25, 0.3) is 5.91 Å². The summed E-state index contributed by atoms with van der Waals surface area (Å²) in [6, 6.07) is 7.54. The van der Waals surface area contributed by atoms with Crippen LogP contribution in [0.15, 0.2) is 35.7 Å². The molecule has 0 saturated carbocycles. The highest BCUT2D eigenvalue weighted by Crippen LogP contribution is 2.29. The third-order valence-electron chi connectivity index (χ3n) is 3.05. The minimum atomic E-state index is -1.11. The van der Waals surface area contributed by atoms with Crippen molar-refractivity contribution in [2.75, 3.05) is 19.5 Å². The number of hydrogen-bond acceptors (Lipinski definition) is 6. The largest absolute Gasteiger partial charge is 0.467 e. The van der Waals surface area contributed by atoms with Gasteiger partial charge in [-0.05, 0) is 29.6 Å². The number of aliphatic hydroxyl groups excluding tert-OH is 1. The Hall–Kier alpha value is -2.38. The van der Waals surface area contributed by atoms with Crippen LogP contribution >= 0.6 is 11.3 Å². The number of esters is 1. The molecule has 0 aliphatic rings. The average molecular weight is 320 g/mol. The third kappa shape index (κ3) is 3.44. The van der Waals surface area contributed by atoms with E-state index in [4.69, 9.17) is 5.73 Å². The van der Waals surface area contributed by atoms with Crippen LogP contribution in [0.5, 0.6) is 0 Å². The highest BCUT2D eigenvalue weighted by Gasteiger charge is 2.23. The van der Waals surface area contributed by atoms with E-state index in [2.05, 4.69) is 10.1 Å². The number of benzene rings is 1. The SMILES string of the molecule is COC(=O)C(CO)NC(=O)c1ccc(N)cc1-c1cccs1. The molecule has 116 valence electrons. The molecule has 1 atom stereocenters. The van der Waals surface area contributed by atoms with Crippen molar-refractivity contribution < 1.29 is 19.4 Å². The van der Waals surface area contributed by atoms with E-state index in [-0.39, 0.29) is 0 Å². The number of rotatable bonds is 5. The fourth-order valence-corrected chi connectivity index (χ4v) is 2.71. The first kappa shape index (κ1) is 16.0. The molecule has 7 heteroatoms. The van der Waals surface area contributed by atoms with Crippen LogP contribution in [0.25, 0.3) is 10.4 Å². The molecule has 0 radical (unpaired) electrons. The second-order valence-electron chi connectivity index (χ2n) is 4.51. The number of aliphatic hydroxyl groups is 1. The van der Waals surface area contributed by atoms with Crippen LogP contribution in [0.2, 0.25) is 0 Å². The highest BCUT2D eigenvalue weighted by atomic mass is 32.1.